The average Bonchev–Trinajstić information content (AvgIpc) is 3.41. The van der Waals surface area contributed by atoms with Crippen molar-refractivity contribution in [2.45, 2.75) is 264 Å². The zero-order valence-electron chi connectivity index (χ0n) is 48.2. The van der Waals surface area contributed by atoms with Crippen LogP contribution < -0.4 is 0 Å². The molecule has 0 aliphatic carbocycles. The van der Waals surface area contributed by atoms with Crippen molar-refractivity contribution in [3.63, 3.8) is 0 Å². The van der Waals surface area contributed by atoms with E-state index in [2.05, 4.69) is 118 Å². The monoisotopic (exact) mass is 1080 g/mol. The lowest BCUT2D eigenvalue weighted by Gasteiger charge is -2.21. The second-order valence-corrected chi connectivity index (χ2v) is 21.2. The summed E-state index contributed by atoms with van der Waals surface area (Å²) in [6.07, 6.45) is 68.0. The molecule has 76 heavy (non-hydrogen) atoms. The number of ether oxygens (including phenoxy) is 3. The van der Waals surface area contributed by atoms with Gasteiger partial charge in [-0.05, 0) is 96.3 Å². The van der Waals surface area contributed by atoms with Crippen molar-refractivity contribution in [3.8, 4) is 0 Å². The normalized spacial score (nSPS) is 14.0. The van der Waals surface area contributed by atoms with Crippen LogP contribution in [0.4, 0.5) is 0 Å². The second kappa shape index (κ2) is 57.6. The largest absolute Gasteiger partial charge is 0.472 e. The topological polar surface area (TPSA) is 155 Å². The molecular weight excluding hydrogens is 976 g/mol. The predicted molar refractivity (Wildman–Crippen MR) is 316 cm³/mol. The van der Waals surface area contributed by atoms with Gasteiger partial charge >= 0.3 is 25.7 Å². The van der Waals surface area contributed by atoms with E-state index in [1.807, 2.05) is 0 Å². The van der Waals surface area contributed by atoms with Crippen molar-refractivity contribution in [2.75, 3.05) is 26.4 Å². The Kier molecular flexibility index (Phi) is 54.8. The van der Waals surface area contributed by atoms with Gasteiger partial charge in [-0.1, -0.05) is 234 Å². The van der Waals surface area contributed by atoms with Crippen molar-refractivity contribution in [2.24, 2.45) is 0 Å². The van der Waals surface area contributed by atoms with Crippen LogP contribution in [0.2, 0.25) is 0 Å². The van der Waals surface area contributed by atoms with Gasteiger partial charge in [-0.25, -0.2) is 4.57 Å². The number of phosphoric acid groups is 1. The molecule has 3 unspecified atom stereocenters. The van der Waals surface area contributed by atoms with Crippen molar-refractivity contribution in [1.29, 1.82) is 0 Å². The van der Waals surface area contributed by atoms with Crippen LogP contribution in [-0.2, 0) is 42.2 Å². The molecule has 0 aliphatic heterocycles. The minimum atomic E-state index is -4.77. The Balaban J connectivity index is 4.79. The lowest BCUT2D eigenvalue weighted by Crippen LogP contribution is -2.30. The molecule has 0 saturated heterocycles. The molecule has 2 N–H and O–H groups in total. The molecule has 0 bridgehead atoms. The molecule has 436 valence electrons. The fourth-order valence-electron chi connectivity index (χ4n) is 7.99. The van der Waals surface area contributed by atoms with Crippen LogP contribution in [0.5, 0.6) is 0 Å². The second-order valence-electron chi connectivity index (χ2n) is 19.8. The summed E-state index contributed by atoms with van der Waals surface area (Å²) in [4.78, 5) is 48.6. The highest BCUT2D eigenvalue weighted by Crippen LogP contribution is 2.43. The summed E-state index contributed by atoms with van der Waals surface area (Å²) in [6, 6.07) is 0. The van der Waals surface area contributed by atoms with Gasteiger partial charge in [0.15, 0.2) is 6.10 Å². The number of carbonyl (C=O) groups excluding carboxylic acids is 3. The zero-order chi connectivity index (χ0) is 55.5. The van der Waals surface area contributed by atoms with E-state index in [1.54, 1.807) is 0 Å². The molecule has 0 aromatic rings. The van der Waals surface area contributed by atoms with Crippen molar-refractivity contribution < 1.29 is 52.2 Å². The Morgan fingerprint density at radius 1 is 0.382 bits per heavy atom. The van der Waals surface area contributed by atoms with Gasteiger partial charge in [-0.15, -0.1) is 0 Å². The molecule has 0 heterocycles. The third-order valence-electron chi connectivity index (χ3n) is 12.5. The number of esters is 3. The van der Waals surface area contributed by atoms with Crippen molar-refractivity contribution >= 4 is 25.7 Å². The first kappa shape index (κ1) is 72.4. The number of hydrogen-bond donors (Lipinski definition) is 2. The van der Waals surface area contributed by atoms with Gasteiger partial charge in [0.2, 0.25) is 0 Å². The summed E-state index contributed by atoms with van der Waals surface area (Å²) in [6.45, 7) is 4.36. The number of aliphatic hydroxyl groups is 1. The van der Waals surface area contributed by atoms with Crippen LogP contribution in [0.25, 0.3) is 0 Å². The molecule has 11 nitrogen and oxygen atoms in total. The minimum Gasteiger partial charge on any atom is -0.462 e. The van der Waals surface area contributed by atoms with Crippen LogP contribution in [0.15, 0.2) is 97.2 Å². The molecule has 3 atom stereocenters. The molecule has 0 amide bonds. The van der Waals surface area contributed by atoms with Gasteiger partial charge in [0.05, 0.1) is 19.8 Å². The fraction of sp³-hybridized carbons (Fsp3) is 0.703. The predicted octanol–water partition coefficient (Wildman–Crippen LogP) is 18.0. The maximum Gasteiger partial charge on any atom is 0.472 e. The van der Waals surface area contributed by atoms with Crippen molar-refractivity contribution in [3.05, 3.63) is 97.2 Å². The molecule has 0 rings (SSSR count). The molecule has 0 aliphatic rings. The van der Waals surface area contributed by atoms with E-state index in [-0.39, 0.29) is 25.9 Å². The Labute approximate surface area is 463 Å². The summed E-state index contributed by atoms with van der Waals surface area (Å²) in [5.41, 5.74) is 0. The molecule has 0 spiro atoms. The number of carbonyl (C=O) groups is 3. The number of allylic oxidation sites excluding steroid dienone is 16. The number of phosphoric ester groups is 1. The summed E-state index contributed by atoms with van der Waals surface area (Å²) in [5.74, 6) is -1.53. The van der Waals surface area contributed by atoms with Crippen LogP contribution >= 0.6 is 7.82 Å². The number of aliphatic hydroxyl groups excluding tert-OH is 1. The van der Waals surface area contributed by atoms with E-state index in [0.29, 0.717) is 19.3 Å². The van der Waals surface area contributed by atoms with E-state index < -0.39 is 57.8 Å². The average molecular weight is 1090 g/mol. The summed E-state index contributed by atoms with van der Waals surface area (Å²) < 4.78 is 39.5. The highest BCUT2D eigenvalue weighted by atomic mass is 31.2. The summed E-state index contributed by atoms with van der Waals surface area (Å²) in [5, 5.41) is 9.82. The lowest BCUT2D eigenvalue weighted by atomic mass is 10.0. The number of hydrogen-bond acceptors (Lipinski definition) is 10. The maximum absolute atomic E-state index is 12.9. The Morgan fingerprint density at radius 2 is 0.684 bits per heavy atom. The van der Waals surface area contributed by atoms with E-state index in [9.17, 15) is 28.9 Å². The number of rotatable bonds is 55. The maximum atomic E-state index is 12.9. The third kappa shape index (κ3) is 55.2. The number of unbranched alkanes of at least 4 members (excludes halogenated alkanes) is 22. The Hall–Kier alpha value is -3.60. The Morgan fingerprint density at radius 3 is 1.08 bits per heavy atom. The molecule has 0 aromatic carbocycles. The molecular formula is C64H109O11P. The zero-order valence-corrected chi connectivity index (χ0v) is 49.1. The molecule has 0 aromatic heterocycles. The van der Waals surface area contributed by atoms with Gasteiger partial charge < -0.3 is 24.2 Å². The molecule has 12 heteroatoms. The first-order chi connectivity index (χ1) is 37.2. The first-order valence-corrected chi connectivity index (χ1v) is 31.6. The van der Waals surface area contributed by atoms with Crippen LogP contribution in [0.1, 0.15) is 252 Å². The highest BCUT2D eigenvalue weighted by molar-refractivity contribution is 7.47. The third-order valence-corrected chi connectivity index (χ3v) is 13.5. The van der Waals surface area contributed by atoms with Crippen LogP contribution in [0.3, 0.4) is 0 Å². The van der Waals surface area contributed by atoms with E-state index >= 15 is 0 Å². The molecule has 0 radical (unpaired) electrons. The Bertz CT molecular complexity index is 1640. The van der Waals surface area contributed by atoms with Crippen molar-refractivity contribution in [1.82, 2.24) is 0 Å². The SMILES string of the molecule is CC/C=C\C/C=C\C/C=C\C/C=C\CCCCCCC(=O)OC(COC(=O)CCCCCCCCCCCCCCCCCCC)COP(=O)(O)OCC(CO)OC(=O)CCCC/C=C\C/C=C\C/C=C\C/C=C\CC. The minimum absolute atomic E-state index is 0.120. The molecule has 0 fully saturated rings. The van der Waals surface area contributed by atoms with E-state index in [0.717, 1.165) is 109 Å². The fourth-order valence-corrected chi connectivity index (χ4v) is 8.77. The summed E-state index contributed by atoms with van der Waals surface area (Å²) in [7, 11) is -4.77. The van der Waals surface area contributed by atoms with Gasteiger partial charge in [0.25, 0.3) is 0 Å². The van der Waals surface area contributed by atoms with E-state index in [1.165, 1.54) is 83.5 Å². The van der Waals surface area contributed by atoms with Gasteiger partial charge in [-0.2, -0.15) is 0 Å². The first-order valence-electron chi connectivity index (χ1n) is 30.1. The van der Waals surface area contributed by atoms with Crippen LogP contribution in [0, 0.1) is 0 Å². The molecule has 0 saturated carbocycles. The van der Waals surface area contributed by atoms with Crippen LogP contribution in [-0.4, -0.2) is 66.5 Å². The highest BCUT2D eigenvalue weighted by Gasteiger charge is 2.28. The van der Waals surface area contributed by atoms with E-state index in [4.69, 9.17) is 23.3 Å². The van der Waals surface area contributed by atoms with Gasteiger partial charge in [0.1, 0.15) is 12.7 Å². The smallest absolute Gasteiger partial charge is 0.462 e. The summed E-state index contributed by atoms with van der Waals surface area (Å²) >= 11 is 0. The standard InChI is InChI=1S/C64H109O11P/c1-4-7-10-13-16-19-22-25-28-30-33-35-38-41-44-47-50-53-62(66)71-57-61(75-64(68)55-52-49-46-43-40-37-34-31-29-26-23-20-17-14-11-8-5-2)59-73-76(69,70)72-58-60(56-65)74-63(67)54-51-48-45-42-39-36-32-27-24-21-18-15-12-9-6-3/h8-9,11-12,17-18,20-21,26-27,29,32,34,37,39,42,60-61,65H,4-7,10,13-16,19,22-25,28,30-31,33,35-36,38,40-41,43-59H2,1-3H3,(H,69,70)/b11-8-,12-9-,20-17-,21-18-,29-26-,32-27-,37-34-,42-39-. The quantitative estimate of drug-likeness (QED) is 0.0197. The van der Waals surface area contributed by atoms with Gasteiger partial charge in [0, 0.05) is 19.3 Å². The lowest BCUT2D eigenvalue weighted by molar-refractivity contribution is -0.161. The van der Waals surface area contributed by atoms with Gasteiger partial charge in [-0.3, -0.25) is 23.4 Å².